The predicted molar refractivity (Wildman–Crippen MR) is 68.9 cm³/mol. The SMILES string of the molecule is NS(=O)(=O)C1=Cc2ccccc2C(I)C1. The zero-order valence-corrected chi connectivity index (χ0v) is 10.8. The Balaban J connectivity index is 2.57. The first-order valence-corrected chi connectivity index (χ1v) is 7.24. The summed E-state index contributed by atoms with van der Waals surface area (Å²) < 4.78 is 22.7. The highest BCUT2D eigenvalue weighted by molar-refractivity contribution is 14.1. The van der Waals surface area contributed by atoms with Gasteiger partial charge in [-0.2, -0.15) is 0 Å². The van der Waals surface area contributed by atoms with Crippen LogP contribution in [0.5, 0.6) is 0 Å². The third-order valence-corrected chi connectivity index (χ3v) is 4.52. The number of primary sulfonamides is 1. The minimum Gasteiger partial charge on any atom is -0.225 e. The standard InChI is InChI=1S/C10H10INO2S/c11-10-6-8(15(12,13)14)5-7-3-1-2-4-9(7)10/h1-5,10H,6H2,(H2,12,13,14). The predicted octanol–water partition coefficient (Wildman–Crippen LogP) is 2.20. The van der Waals surface area contributed by atoms with E-state index in [-0.39, 0.29) is 3.92 Å². The summed E-state index contributed by atoms with van der Waals surface area (Å²) in [6, 6.07) is 7.78. The second kappa shape index (κ2) is 3.88. The molecule has 15 heavy (non-hydrogen) atoms. The minimum absolute atomic E-state index is 0.178. The van der Waals surface area contributed by atoms with Gasteiger partial charge in [-0.3, -0.25) is 0 Å². The summed E-state index contributed by atoms with van der Waals surface area (Å²) in [7, 11) is -3.55. The van der Waals surface area contributed by atoms with Crippen LogP contribution in [0.4, 0.5) is 0 Å². The Bertz CT molecular complexity index is 522. The van der Waals surface area contributed by atoms with E-state index in [1.807, 2.05) is 24.3 Å². The molecule has 0 aromatic heterocycles. The maximum atomic E-state index is 11.2. The van der Waals surface area contributed by atoms with Crippen LogP contribution in [-0.2, 0) is 10.0 Å². The Morgan fingerprint density at radius 1 is 1.33 bits per heavy atom. The molecule has 1 aromatic rings. The lowest BCUT2D eigenvalue weighted by Gasteiger charge is -2.19. The number of benzene rings is 1. The summed E-state index contributed by atoms with van der Waals surface area (Å²) in [5.74, 6) is 0. The van der Waals surface area contributed by atoms with E-state index >= 15 is 0 Å². The summed E-state index contributed by atoms with van der Waals surface area (Å²) in [5, 5.41) is 5.13. The number of allylic oxidation sites excluding steroid dienone is 1. The van der Waals surface area contributed by atoms with E-state index in [9.17, 15) is 8.42 Å². The Morgan fingerprint density at radius 3 is 2.67 bits per heavy atom. The molecule has 1 unspecified atom stereocenters. The third kappa shape index (κ3) is 2.24. The van der Waals surface area contributed by atoms with Gasteiger partial charge in [0.15, 0.2) is 0 Å². The topological polar surface area (TPSA) is 60.2 Å². The van der Waals surface area contributed by atoms with E-state index in [4.69, 9.17) is 5.14 Å². The first kappa shape index (κ1) is 11.1. The van der Waals surface area contributed by atoms with E-state index < -0.39 is 10.0 Å². The van der Waals surface area contributed by atoms with Crippen LogP contribution < -0.4 is 5.14 Å². The molecule has 80 valence electrons. The fourth-order valence-corrected chi connectivity index (χ4v) is 3.68. The zero-order chi connectivity index (χ0) is 11.1. The normalized spacial score (nSPS) is 20.7. The Labute approximate surface area is 103 Å². The molecule has 1 aromatic carbocycles. The molecule has 0 spiro atoms. The lowest BCUT2D eigenvalue weighted by molar-refractivity contribution is 0.601. The van der Waals surface area contributed by atoms with Gasteiger partial charge in [0, 0.05) is 10.3 Å². The van der Waals surface area contributed by atoms with Crippen LogP contribution in [0.3, 0.4) is 0 Å². The van der Waals surface area contributed by atoms with Gasteiger partial charge in [0.1, 0.15) is 0 Å². The lowest BCUT2D eigenvalue weighted by Crippen LogP contribution is -2.17. The second-order valence-electron chi connectivity index (χ2n) is 3.46. The molecule has 0 saturated heterocycles. The summed E-state index contributed by atoms with van der Waals surface area (Å²) in [6.07, 6.45) is 2.15. The number of hydrogen-bond donors (Lipinski definition) is 1. The third-order valence-electron chi connectivity index (χ3n) is 2.40. The van der Waals surface area contributed by atoms with Crippen molar-refractivity contribution in [3.8, 4) is 0 Å². The summed E-state index contributed by atoms with van der Waals surface area (Å²) in [5.41, 5.74) is 2.12. The van der Waals surface area contributed by atoms with Gasteiger partial charge in [-0.15, -0.1) is 0 Å². The highest BCUT2D eigenvalue weighted by atomic mass is 127. The molecule has 1 atom stereocenters. The van der Waals surface area contributed by atoms with Crippen LogP contribution in [0, 0.1) is 0 Å². The largest absolute Gasteiger partial charge is 0.234 e. The number of fused-ring (bicyclic) bond motifs is 1. The molecule has 5 heteroatoms. The number of alkyl halides is 1. The molecule has 0 heterocycles. The maximum Gasteiger partial charge on any atom is 0.234 e. The molecule has 0 amide bonds. The van der Waals surface area contributed by atoms with Gasteiger partial charge < -0.3 is 0 Å². The summed E-state index contributed by atoms with van der Waals surface area (Å²) in [6.45, 7) is 0. The van der Waals surface area contributed by atoms with Crippen molar-refractivity contribution in [1.82, 2.24) is 0 Å². The molecule has 1 aliphatic carbocycles. The van der Waals surface area contributed by atoms with E-state index in [0.717, 1.165) is 5.56 Å². The zero-order valence-electron chi connectivity index (χ0n) is 7.85. The quantitative estimate of drug-likeness (QED) is 0.632. The molecule has 0 aliphatic heterocycles. The van der Waals surface area contributed by atoms with E-state index in [0.29, 0.717) is 11.3 Å². The first-order valence-electron chi connectivity index (χ1n) is 4.45. The molecule has 0 saturated carbocycles. The monoisotopic (exact) mass is 335 g/mol. The van der Waals surface area contributed by atoms with Gasteiger partial charge in [0.05, 0.1) is 4.91 Å². The van der Waals surface area contributed by atoms with Gasteiger partial charge in [0.25, 0.3) is 0 Å². The smallest absolute Gasteiger partial charge is 0.225 e. The number of nitrogens with two attached hydrogens (primary N) is 1. The van der Waals surface area contributed by atoms with Crippen LogP contribution in [0.15, 0.2) is 29.2 Å². The van der Waals surface area contributed by atoms with Gasteiger partial charge >= 0.3 is 0 Å². The average Bonchev–Trinajstić information content (AvgIpc) is 2.16. The Kier molecular flexibility index (Phi) is 2.87. The van der Waals surface area contributed by atoms with Crippen molar-refractivity contribution in [1.29, 1.82) is 0 Å². The molecule has 1 aliphatic rings. The molecule has 2 rings (SSSR count). The van der Waals surface area contributed by atoms with Crippen LogP contribution in [-0.4, -0.2) is 8.42 Å². The highest BCUT2D eigenvalue weighted by Crippen LogP contribution is 2.38. The molecular formula is C10H10INO2S. The molecule has 0 bridgehead atoms. The molecule has 0 fully saturated rings. The number of sulfonamides is 1. The first-order chi connectivity index (χ1) is 6.98. The Morgan fingerprint density at radius 2 is 2.00 bits per heavy atom. The van der Waals surface area contributed by atoms with Gasteiger partial charge in [-0.1, -0.05) is 46.9 Å². The summed E-state index contributed by atoms with van der Waals surface area (Å²) >= 11 is 2.24. The molecule has 3 nitrogen and oxygen atoms in total. The average molecular weight is 335 g/mol. The van der Waals surface area contributed by atoms with Crippen LogP contribution in [0.2, 0.25) is 0 Å². The Hall–Kier alpha value is -0.400. The molecule has 0 radical (unpaired) electrons. The minimum atomic E-state index is -3.55. The van der Waals surface area contributed by atoms with Crippen molar-refractivity contribution in [3.05, 3.63) is 40.3 Å². The lowest BCUT2D eigenvalue weighted by atomic mass is 9.97. The van der Waals surface area contributed by atoms with Crippen molar-refractivity contribution in [2.75, 3.05) is 0 Å². The van der Waals surface area contributed by atoms with Gasteiger partial charge in [0.2, 0.25) is 10.0 Å². The maximum absolute atomic E-state index is 11.2. The van der Waals surface area contributed by atoms with Gasteiger partial charge in [-0.05, 0) is 17.2 Å². The second-order valence-corrected chi connectivity index (χ2v) is 6.57. The molecule has 2 N–H and O–H groups in total. The molecular weight excluding hydrogens is 325 g/mol. The van der Waals surface area contributed by atoms with E-state index in [1.54, 1.807) is 6.08 Å². The van der Waals surface area contributed by atoms with Crippen molar-refractivity contribution >= 4 is 38.7 Å². The van der Waals surface area contributed by atoms with Crippen molar-refractivity contribution in [2.45, 2.75) is 10.3 Å². The number of hydrogen-bond acceptors (Lipinski definition) is 2. The fraction of sp³-hybridized carbons (Fsp3) is 0.200. The van der Waals surface area contributed by atoms with Crippen LogP contribution in [0.25, 0.3) is 6.08 Å². The highest BCUT2D eigenvalue weighted by Gasteiger charge is 2.23. The van der Waals surface area contributed by atoms with Crippen molar-refractivity contribution in [3.63, 3.8) is 0 Å². The van der Waals surface area contributed by atoms with Crippen molar-refractivity contribution in [2.24, 2.45) is 5.14 Å². The van der Waals surface area contributed by atoms with Crippen LogP contribution >= 0.6 is 22.6 Å². The number of rotatable bonds is 1. The number of halogens is 1. The summed E-state index contributed by atoms with van der Waals surface area (Å²) in [4.78, 5) is 0.320. The fourth-order valence-electron chi connectivity index (χ4n) is 1.64. The van der Waals surface area contributed by atoms with E-state index in [1.165, 1.54) is 5.56 Å². The van der Waals surface area contributed by atoms with Gasteiger partial charge in [-0.25, -0.2) is 13.6 Å². The van der Waals surface area contributed by atoms with E-state index in [2.05, 4.69) is 22.6 Å². The van der Waals surface area contributed by atoms with Crippen molar-refractivity contribution < 1.29 is 8.42 Å². The van der Waals surface area contributed by atoms with Crippen LogP contribution in [0.1, 0.15) is 21.5 Å².